The smallest absolute Gasteiger partial charge is 0.406 e. The molecule has 0 bridgehead atoms. The maximum atomic E-state index is 13.4. The van der Waals surface area contributed by atoms with Crippen LogP contribution in [0.4, 0.5) is 13.2 Å². The molecule has 0 saturated carbocycles. The van der Waals surface area contributed by atoms with Crippen LogP contribution in [0.5, 0.6) is 40.2 Å². The van der Waals surface area contributed by atoms with Crippen molar-refractivity contribution in [2.75, 3.05) is 49.8 Å². The van der Waals surface area contributed by atoms with Crippen LogP contribution in [0.2, 0.25) is 10.0 Å². The molecule has 2 heterocycles. The number of rotatable bonds is 18. The third kappa shape index (κ3) is 12.3. The number of hydrogen-bond acceptors (Lipinski definition) is 11. The zero-order valence-corrected chi connectivity index (χ0v) is 44.9. The molecule has 7 aromatic carbocycles. The van der Waals surface area contributed by atoms with Crippen molar-refractivity contribution in [2.45, 2.75) is 32.4 Å². The van der Waals surface area contributed by atoms with E-state index in [-0.39, 0.29) is 51.5 Å². The number of benzene rings is 7. The number of alkyl halides is 3. The molecule has 9 rings (SSSR count). The van der Waals surface area contributed by atoms with Crippen molar-refractivity contribution in [3.8, 4) is 63.0 Å². The number of methoxy groups -OCH3 is 7. The molecule has 0 unspecified atom stereocenters. The van der Waals surface area contributed by atoms with Crippen molar-refractivity contribution >= 4 is 57.1 Å². The number of halogens is 5. The summed E-state index contributed by atoms with van der Waals surface area (Å²) in [5.74, 6) is 3.86. The van der Waals surface area contributed by atoms with E-state index < -0.39 is 18.6 Å². The van der Waals surface area contributed by atoms with Gasteiger partial charge in [0.2, 0.25) is 5.75 Å². The molecule has 78 heavy (non-hydrogen) atoms. The highest BCUT2D eigenvalue weighted by Crippen LogP contribution is 2.42. The summed E-state index contributed by atoms with van der Waals surface area (Å²) in [5.41, 5.74) is 6.51. The molecule has 0 atom stereocenters. The summed E-state index contributed by atoms with van der Waals surface area (Å²) < 4.78 is 81.6. The van der Waals surface area contributed by atoms with Crippen molar-refractivity contribution < 1.29 is 55.9 Å². The van der Waals surface area contributed by atoms with E-state index >= 15 is 0 Å². The maximum Gasteiger partial charge on any atom is 0.406 e. The lowest BCUT2D eigenvalue weighted by Crippen LogP contribution is -2.23. The first-order valence-electron chi connectivity index (χ1n) is 23.9. The second kappa shape index (κ2) is 24.6. The van der Waals surface area contributed by atoms with Crippen LogP contribution in [0, 0.1) is 0 Å². The lowest BCUT2D eigenvalue weighted by atomic mass is 10.1. The third-order valence-corrected chi connectivity index (χ3v) is 13.2. The third-order valence-electron chi connectivity index (χ3n) is 12.5. The molecule has 15 nitrogen and oxygen atoms in total. The molecular weight excluding hydrogens is 1050 g/mol. The van der Waals surface area contributed by atoms with E-state index in [1.54, 1.807) is 59.8 Å². The first-order chi connectivity index (χ1) is 37.6. The Morgan fingerprint density at radius 1 is 0.500 bits per heavy atom. The standard InChI is InChI=1S/C33H33N3O6.C25H20Cl2F3N3O3/c1-38-27-13-9-12-23(30(27)41-4)19-34-33(37)22-14-15-26-25(16-22)35-32(36(26)20-21-10-7-6-8-11-21)24-17-28(39-2)31(42-5)29(18-24)40-3;1-35-21-5-3-4-16(22(21)36-2)12-31-24(34)15-7-9-20-19(11-15)32-23(33(20)13-25(28,29)30)14-6-8-17(26)18(27)10-14/h6-18H,19-20H2,1-5H3,(H,34,37);3-11H,12-13H2,1-2H3,(H,31,34). The number of carbonyl (C=O) groups is 2. The average Bonchev–Trinajstić information content (AvgIpc) is 4.06. The van der Waals surface area contributed by atoms with Gasteiger partial charge >= 0.3 is 6.18 Å². The van der Waals surface area contributed by atoms with Crippen LogP contribution in [0.1, 0.15) is 37.4 Å². The Morgan fingerprint density at radius 2 is 0.987 bits per heavy atom. The number of nitrogens with zero attached hydrogens (tertiary/aromatic N) is 4. The van der Waals surface area contributed by atoms with Gasteiger partial charge in [0.1, 0.15) is 18.2 Å². The van der Waals surface area contributed by atoms with Gasteiger partial charge in [0, 0.05) is 53.0 Å². The molecule has 2 N–H and O–H groups in total. The van der Waals surface area contributed by atoms with Gasteiger partial charge < -0.3 is 52.9 Å². The van der Waals surface area contributed by atoms with Crippen molar-refractivity contribution in [1.82, 2.24) is 29.7 Å². The number of imidazole rings is 2. The number of nitrogens with one attached hydrogen (secondary N) is 2. The topological polar surface area (TPSA) is 158 Å². The maximum absolute atomic E-state index is 13.4. The minimum Gasteiger partial charge on any atom is -0.493 e. The van der Waals surface area contributed by atoms with Crippen LogP contribution in [-0.4, -0.2) is 86.9 Å². The summed E-state index contributed by atoms with van der Waals surface area (Å²) in [6, 6.07) is 39.1. The van der Waals surface area contributed by atoms with Gasteiger partial charge in [-0.05, 0) is 84.4 Å². The van der Waals surface area contributed by atoms with Gasteiger partial charge in [-0.25, -0.2) is 9.97 Å². The lowest BCUT2D eigenvalue weighted by molar-refractivity contribution is -0.139. The second-order valence-corrected chi connectivity index (χ2v) is 18.1. The van der Waals surface area contributed by atoms with Gasteiger partial charge in [0.25, 0.3) is 11.8 Å². The van der Waals surface area contributed by atoms with Gasteiger partial charge in [0.05, 0.1) is 81.9 Å². The Morgan fingerprint density at radius 3 is 1.45 bits per heavy atom. The number of amides is 2. The number of fused-ring (bicyclic) bond motifs is 2. The van der Waals surface area contributed by atoms with Crippen LogP contribution in [0.25, 0.3) is 44.8 Å². The van der Waals surface area contributed by atoms with E-state index in [1.165, 1.54) is 50.6 Å². The summed E-state index contributed by atoms with van der Waals surface area (Å²) >= 11 is 12.0. The highest BCUT2D eigenvalue weighted by atomic mass is 35.5. The average molecular weight is 1110 g/mol. The van der Waals surface area contributed by atoms with Crippen LogP contribution >= 0.6 is 23.2 Å². The number of carbonyl (C=O) groups excluding carboxylic acids is 2. The SMILES string of the molecule is COc1cccc(CNC(=O)c2ccc3c(c2)nc(-c2cc(OC)c(OC)c(OC)c2)n3Cc2ccccc2)c1OC.COc1cccc(CNC(=O)c2ccc3c(c2)nc(-c2ccc(Cl)c(Cl)c2)n3CC(F)(F)F)c1OC. The monoisotopic (exact) mass is 1100 g/mol. The van der Waals surface area contributed by atoms with Crippen LogP contribution in [0.3, 0.4) is 0 Å². The van der Waals surface area contributed by atoms with E-state index in [4.69, 9.17) is 61.3 Å². The molecular formula is C58H53Cl2F3N6O9. The summed E-state index contributed by atoms with van der Waals surface area (Å²) in [7, 11) is 10.9. The summed E-state index contributed by atoms with van der Waals surface area (Å²) in [6.45, 7) is -0.268. The van der Waals surface area contributed by atoms with Crippen LogP contribution in [-0.2, 0) is 26.2 Å². The molecule has 0 aliphatic rings. The molecule has 0 fully saturated rings. The highest BCUT2D eigenvalue weighted by Gasteiger charge is 2.31. The van der Waals surface area contributed by atoms with Crippen molar-refractivity contribution in [3.63, 3.8) is 0 Å². The predicted molar refractivity (Wildman–Crippen MR) is 293 cm³/mol. The number of ether oxygens (including phenoxy) is 7. The molecule has 404 valence electrons. The first kappa shape index (κ1) is 55.6. The molecule has 9 aromatic rings. The van der Waals surface area contributed by atoms with E-state index in [1.807, 2.05) is 60.7 Å². The number of aromatic nitrogens is 4. The summed E-state index contributed by atoms with van der Waals surface area (Å²) in [4.78, 5) is 35.5. The molecule has 0 aliphatic carbocycles. The van der Waals surface area contributed by atoms with E-state index in [9.17, 15) is 22.8 Å². The normalized spacial score (nSPS) is 11.1. The fourth-order valence-electron chi connectivity index (χ4n) is 8.83. The van der Waals surface area contributed by atoms with E-state index in [0.717, 1.165) is 26.8 Å². The Labute approximate surface area is 457 Å². The number of hydrogen-bond donors (Lipinski definition) is 2. The van der Waals surface area contributed by atoms with Crippen LogP contribution in [0.15, 0.2) is 133 Å². The van der Waals surface area contributed by atoms with Gasteiger partial charge in [0.15, 0.2) is 34.5 Å². The number of para-hydroxylation sites is 2. The van der Waals surface area contributed by atoms with Crippen molar-refractivity contribution in [1.29, 1.82) is 0 Å². The minimum atomic E-state index is -4.50. The van der Waals surface area contributed by atoms with Crippen LogP contribution < -0.4 is 43.8 Å². The van der Waals surface area contributed by atoms with E-state index in [0.29, 0.717) is 74.8 Å². The predicted octanol–water partition coefficient (Wildman–Crippen LogP) is 12.2. The first-order valence-corrected chi connectivity index (χ1v) is 24.7. The summed E-state index contributed by atoms with van der Waals surface area (Å²) in [5, 5.41) is 6.23. The Kier molecular flexibility index (Phi) is 17.5. The summed E-state index contributed by atoms with van der Waals surface area (Å²) in [6.07, 6.45) is -4.50. The molecule has 0 spiro atoms. The Bertz CT molecular complexity index is 3600. The molecule has 2 aromatic heterocycles. The second-order valence-electron chi connectivity index (χ2n) is 17.3. The van der Waals surface area contributed by atoms with Gasteiger partial charge in [-0.3, -0.25) is 9.59 Å². The molecule has 0 aliphatic heterocycles. The molecule has 0 saturated heterocycles. The zero-order chi connectivity index (χ0) is 55.7. The molecule has 2 amide bonds. The van der Waals surface area contributed by atoms with Gasteiger partial charge in [-0.15, -0.1) is 0 Å². The minimum absolute atomic E-state index is 0.0552. The largest absolute Gasteiger partial charge is 0.493 e. The Balaban J connectivity index is 0.000000208. The highest BCUT2D eigenvalue weighted by molar-refractivity contribution is 6.42. The zero-order valence-electron chi connectivity index (χ0n) is 43.4. The van der Waals surface area contributed by atoms with E-state index in [2.05, 4.69) is 32.3 Å². The fraction of sp³-hybridized carbons (Fsp3) is 0.207. The molecule has 0 radical (unpaired) electrons. The van der Waals surface area contributed by atoms with Crippen molar-refractivity contribution in [2.24, 2.45) is 0 Å². The fourth-order valence-corrected chi connectivity index (χ4v) is 9.13. The molecule has 20 heteroatoms. The van der Waals surface area contributed by atoms with Gasteiger partial charge in [-0.2, -0.15) is 13.2 Å². The quantitative estimate of drug-likeness (QED) is 0.0842. The van der Waals surface area contributed by atoms with Gasteiger partial charge in [-0.1, -0.05) is 77.8 Å². The van der Waals surface area contributed by atoms with Crippen molar-refractivity contribution in [3.05, 3.63) is 171 Å². The lowest BCUT2D eigenvalue weighted by Gasteiger charge is -2.15. The Hall–Kier alpha value is -8.61.